The molecule has 2 heterocycles. The van der Waals surface area contributed by atoms with E-state index in [2.05, 4.69) is 14.7 Å². The van der Waals surface area contributed by atoms with Crippen molar-refractivity contribution in [2.75, 3.05) is 0 Å². The van der Waals surface area contributed by atoms with Crippen LogP contribution >= 0.6 is 0 Å². The summed E-state index contributed by atoms with van der Waals surface area (Å²) in [6.07, 6.45) is 4.34. The first-order chi connectivity index (χ1) is 8.16. The minimum Gasteiger partial charge on any atom is -0.414 e. The highest BCUT2D eigenvalue weighted by Gasteiger charge is 2.12. The van der Waals surface area contributed by atoms with E-state index < -0.39 is 18.3 Å². The van der Waals surface area contributed by atoms with Gasteiger partial charge in [-0.3, -0.25) is 4.98 Å². The Bertz CT molecular complexity index is 505. The average Bonchev–Trinajstić information content (AvgIpc) is 2.32. The number of ether oxygens (including phenoxy) is 1. The zero-order valence-corrected chi connectivity index (χ0v) is 8.48. The smallest absolute Gasteiger partial charge is 0.388 e. The molecule has 0 radical (unpaired) electrons. The van der Waals surface area contributed by atoms with Gasteiger partial charge in [-0.25, -0.2) is 9.37 Å². The molecule has 0 atom stereocenters. The second-order valence-corrected chi connectivity index (χ2v) is 3.13. The van der Waals surface area contributed by atoms with Crippen LogP contribution in [0.3, 0.4) is 0 Å². The van der Waals surface area contributed by atoms with E-state index in [0.29, 0.717) is 11.1 Å². The summed E-state index contributed by atoms with van der Waals surface area (Å²) in [5, 5.41) is 0. The Morgan fingerprint density at radius 1 is 1.12 bits per heavy atom. The second-order valence-electron chi connectivity index (χ2n) is 3.13. The Morgan fingerprint density at radius 2 is 1.82 bits per heavy atom. The fourth-order valence-corrected chi connectivity index (χ4v) is 1.30. The fraction of sp³-hybridized carbons (Fsp3) is 0.0909. The van der Waals surface area contributed by atoms with Crippen molar-refractivity contribution in [1.82, 2.24) is 9.97 Å². The molecule has 3 nitrogen and oxygen atoms in total. The molecular weight excluding hydrogens is 233 g/mol. The first-order valence-electron chi connectivity index (χ1n) is 4.67. The summed E-state index contributed by atoms with van der Waals surface area (Å²) in [6, 6.07) is 4.40. The topological polar surface area (TPSA) is 35.0 Å². The second kappa shape index (κ2) is 4.82. The summed E-state index contributed by atoms with van der Waals surface area (Å²) in [7, 11) is 0. The summed E-state index contributed by atoms with van der Waals surface area (Å²) in [6.45, 7) is -3.09. The van der Waals surface area contributed by atoms with Crippen molar-refractivity contribution >= 4 is 0 Å². The molecule has 0 amide bonds. The van der Waals surface area contributed by atoms with Crippen LogP contribution < -0.4 is 4.74 Å². The highest BCUT2D eigenvalue weighted by molar-refractivity contribution is 5.62. The normalized spacial score (nSPS) is 10.6. The molecule has 0 unspecified atom stereocenters. The number of aromatic nitrogens is 2. The van der Waals surface area contributed by atoms with Crippen LogP contribution in [0, 0.1) is 5.82 Å². The molecule has 0 aliphatic rings. The third kappa shape index (κ3) is 2.72. The van der Waals surface area contributed by atoms with Gasteiger partial charge in [0, 0.05) is 24.2 Å². The van der Waals surface area contributed by atoms with Crippen molar-refractivity contribution in [2.24, 2.45) is 0 Å². The third-order valence-electron chi connectivity index (χ3n) is 2.02. The van der Waals surface area contributed by atoms with Crippen LogP contribution in [-0.2, 0) is 0 Å². The van der Waals surface area contributed by atoms with Gasteiger partial charge in [0.05, 0.1) is 0 Å². The lowest BCUT2D eigenvalue weighted by atomic mass is 10.1. The standard InChI is InChI=1S/C11H7F3N2O/c12-9-5-8(7-1-3-15-4-2-7)6-16-10(9)17-11(13)14/h1-6,11H. The van der Waals surface area contributed by atoms with E-state index in [1.807, 2.05) is 0 Å². The van der Waals surface area contributed by atoms with Gasteiger partial charge >= 0.3 is 6.61 Å². The summed E-state index contributed by atoms with van der Waals surface area (Å²) in [4.78, 5) is 7.31. The lowest BCUT2D eigenvalue weighted by Crippen LogP contribution is -2.05. The van der Waals surface area contributed by atoms with Gasteiger partial charge < -0.3 is 4.74 Å². The van der Waals surface area contributed by atoms with Crippen molar-refractivity contribution in [3.8, 4) is 17.0 Å². The molecule has 0 spiro atoms. The Hall–Kier alpha value is -2.11. The number of hydrogen-bond donors (Lipinski definition) is 0. The highest BCUT2D eigenvalue weighted by atomic mass is 19.3. The molecule has 0 aromatic carbocycles. The van der Waals surface area contributed by atoms with Crippen molar-refractivity contribution in [3.63, 3.8) is 0 Å². The molecule has 0 bridgehead atoms. The molecule has 2 aromatic heterocycles. The number of nitrogens with zero attached hydrogens (tertiary/aromatic N) is 2. The molecule has 0 aliphatic carbocycles. The number of halogens is 3. The van der Waals surface area contributed by atoms with Crippen molar-refractivity contribution in [1.29, 1.82) is 0 Å². The van der Waals surface area contributed by atoms with Crippen molar-refractivity contribution in [2.45, 2.75) is 6.61 Å². The highest BCUT2D eigenvalue weighted by Crippen LogP contribution is 2.23. The van der Waals surface area contributed by atoms with Gasteiger partial charge in [-0.15, -0.1) is 0 Å². The maximum atomic E-state index is 13.4. The van der Waals surface area contributed by atoms with Crippen LogP contribution in [0.4, 0.5) is 13.2 Å². The van der Waals surface area contributed by atoms with Crippen LogP contribution in [0.2, 0.25) is 0 Å². The van der Waals surface area contributed by atoms with E-state index in [-0.39, 0.29) is 0 Å². The molecule has 88 valence electrons. The van der Waals surface area contributed by atoms with E-state index >= 15 is 0 Å². The van der Waals surface area contributed by atoms with E-state index in [4.69, 9.17) is 0 Å². The van der Waals surface area contributed by atoms with Gasteiger partial charge in [0.15, 0.2) is 5.82 Å². The molecular formula is C11H7F3N2O. The summed E-state index contributed by atoms with van der Waals surface area (Å²) < 4.78 is 41.0. The van der Waals surface area contributed by atoms with Gasteiger partial charge in [0.2, 0.25) is 0 Å². The van der Waals surface area contributed by atoms with Crippen molar-refractivity contribution in [3.05, 3.63) is 42.6 Å². The van der Waals surface area contributed by atoms with E-state index in [1.165, 1.54) is 18.6 Å². The minimum absolute atomic E-state index is 0.464. The SMILES string of the molecule is Fc1cc(-c2ccncc2)cnc1OC(F)F. The molecule has 0 saturated heterocycles. The first-order valence-corrected chi connectivity index (χ1v) is 4.67. The summed E-state index contributed by atoms with van der Waals surface area (Å²) in [5.74, 6) is -1.64. The van der Waals surface area contributed by atoms with Gasteiger partial charge in [0.25, 0.3) is 5.88 Å². The zero-order chi connectivity index (χ0) is 12.3. The number of pyridine rings is 2. The lowest BCUT2D eigenvalue weighted by Gasteiger charge is -2.06. The third-order valence-corrected chi connectivity index (χ3v) is 2.02. The minimum atomic E-state index is -3.09. The molecule has 2 aromatic rings. The summed E-state index contributed by atoms with van der Waals surface area (Å²) >= 11 is 0. The first kappa shape index (κ1) is 11.4. The zero-order valence-electron chi connectivity index (χ0n) is 8.48. The largest absolute Gasteiger partial charge is 0.414 e. The van der Waals surface area contributed by atoms with Crippen LogP contribution in [0.5, 0.6) is 5.88 Å². The quantitative estimate of drug-likeness (QED) is 0.827. The Labute approximate surface area is 94.9 Å². The molecule has 0 aliphatic heterocycles. The number of hydrogen-bond acceptors (Lipinski definition) is 3. The van der Waals surface area contributed by atoms with Gasteiger partial charge in [-0.05, 0) is 23.8 Å². The van der Waals surface area contributed by atoms with Gasteiger partial charge in [0.1, 0.15) is 0 Å². The Morgan fingerprint density at radius 3 is 2.41 bits per heavy atom. The number of rotatable bonds is 3. The van der Waals surface area contributed by atoms with Crippen LogP contribution in [0.15, 0.2) is 36.8 Å². The van der Waals surface area contributed by atoms with E-state index in [1.54, 1.807) is 12.1 Å². The Balaban J connectivity index is 2.31. The summed E-state index contributed by atoms with van der Waals surface area (Å²) in [5.41, 5.74) is 1.15. The van der Waals surface area contributed by atoms with E-state index in [0.717, 1.165) is 6.07 Å². The fourth-order valence-electron chi connectivity index (χ4n) is 1.30. The Kier molecular flexibility index (Phi) is 3.22. The maximum Gasteiger partial charge on any atom is 0.388 e. The average molecular weight is 240 g/mol. The van der Waals surface area contributed by atoms with Gasteiger partial charge in [-0.2, -0.15) is 8.78 Å². The lowest BCUT2D eigenvalue weighted by molar-refractivity contribution is -0.0553. The maximum absolute atomic E-state index is 13.4. The molecule has 2 rings (SSSR count). The molecule has 6 heteroatoms. The van der Waals surface area contributed by atoms with Crippen molar-refractivity contribution < 1.29 is 17.9 Å². The molecule has 0 N–H and O–H groups in total. The van der Waals surface area contributed by atoms with Crippen LogP contribution in [0.25, 0.3) is 11.1 Å². The number of alkyl halides is 2. The molecule has 0 fully saturated rings. The predicted octanol–water partition coefficient (Wildman–Crippen LogP) is 2.88. The molecule has 17 heavy (non-hydrogen) atoms. The van der Waals surface area contributed by atoms with E-state index in [9.17, 15) is 13.2 Å². The van der Waals surface area contributed by atoms with Crippen LogP contribution in [0.1, 0.15) is 0 Å². The monoisotopic (exact) mass is 240 g/mol. The molecule has 0 saturated carbocycles. The van der Waals surface area contributed by atoms with Gasteiger partial charge in [-0.1, -0.05) is 0 Å². The van der Waals surface area contributed by atoms with Crippen LogP contribution in [-0.4, -0.2) is 16.6 Å². The predicted molar refractivity (Wildman–Crippen MR) is 54.1 cm³/mol.